The molecule has 0 radical (unpaired) electrons. The first kappa shape index (κ1) is 16.4. The molecule has 1 amide bonds. The van der Waals surface area contributed by atoms with Crippen LogP contribution < -0.4 is 16.0 Å². The van der Waals surface area contributed by atoms with Crippen LogP contribution in [0.3, 0.4) is 0 Å². The zero-order chi connectivity index (χ0) is 17.5. The van der Waals surface area contributed by atoms with Crippen LogP contribution in [0.25, 0.3) is 0 Å². The van der Waals surface area contributed by atoms with E-state index in [-0.39, 0.29) is 5.91 Å². The fourth-order valence-corrected chi connectivity index (χ4v) is 2.34. The van der Waals surface area contributed by atoms with Gasteiger partial charge in [0.05, 0.1) is 0 Å². The van der Waals surface area contributed by atoms with Crippen molar-refractivity contribution in [2.45, 2.75) is 13.5 Å². The molecule has 1 heterocycles. The number of rotatable bonds is 6. The number of nitrogens with one attached hydrogen (secondary N) is 3. The van der Waals surface area contributed by atoms with Crippen LogP contribution in [0.2, 0.25) is 0 Å². The highest BCUT2D eigenvalue weighted by Gasteiger charge is 2.02. The van der Waals surface area contributed by atoms with Crippen LogP contribution in [0.4, 0.5) is 23.0 Å². The minimum absolute atomic E-state index is 0.105. The molecule has 3 N–H and O–H groups in total. The van der Waals surface area contributed by atoms with Gasteiger partial charge in [0.15, 0.2) is 0 Å². The van der Waals surface area contributed by atoms with Crippen molar-refractivity contribution in [3.63, 3.8) is 0 Å². The van der Waals surface area contributed by atoms with E-state index in [9.17, 15) is 4.79 Å². The summed E-state index contributed by atoms with van der Waals surface area (Å²) in [5.74, 6) is 1.30. The maximum Gasteiger partial charge on any atom is 0.221 e. The summed E-state index contributed by atoms with van der Waals surface area (Å²) in [5, 5.41) is 9.25. The van der Waals surface area contributed by atoms with Crippen LogP contribution in [-0.2, 0) is 11.3 Å². The van der Waals surface area contributed by atoms with Gasteiger partial charge in [0, 0.05) is 30.9 Å². The Morgan fingerprint density at radius 1 is 0.920 bits per heavy atom. The number of amides is 1. The third kappa shape index (κ3) is 5.04. The van der Waals surface area contributed by atoms with Gasteiger partial charge in [-0.3, -0.25) is 4.79 Å². The average molecular weight is 333 g/mol. The van der Waals surface area contributed by atoms with Gasteiger partial charge < -0.3 is 16.0 Å². The lowest BCUT2D eigenvalue weighted by atomic mass is 10.2. The second-order valence-electron chi connectivity index (χ2n) is 5.51. The van der Waals surface area contributed by atoms with Crippen molar-refractivity contribution in [3.05, 3.63) is 72.6 Å². The molecule has 0 aliphatic heterocycles. The number of nitrogens with zero attached hydrogens (tertiary/aromatic N) is 2. The van der Waals surface area contributed by atoms with Crippen molar-refractivity contribution in [2.75, 3.05) is 16.0 Å². The highest BCUT2D eigenvalue weighted by molar-refractivity contribution is 5.89. The Kier molecular flexibility index (Phi) is 5.21. The molecule has 0 aliphatic rings. The van der Waals surface area contributed by atoms with E-state index in [1.54, 1.807) is 0 Å². The predicted molar refractivity (Wildman–Crippen MR) is 99.8 cm³/mol. The summed E-state index contributed by atoms with van der Waals surface area (Å²) in [7, 11) is 0. The second kappa shape index (κ2) is 7.92. The number of hydrogen-bond acceptors (Lipinski definition) is 5. The molecule has 1 aromatic heterocycles. The number of aromatic nitrogens is 2. The van der Waals surface area contributed by atoms with Gasteiger partial charge in [0.2, 0.25) is 5.91 Å². The molecule has 6 nitrogen and oxygen atoms in total. The Morgan fingerprint density at radius 3 is 2.48 bits per heavy atom. The van der Waals surface area contributed by atoms with Crippen LogP contribution >= 0.6 is 0 Å². The summed E-state index contributed by atoms with van der Waals surface area (Å²) in [6.07, 6.45) is 1.51. The van der Waals surface area contributed by atoms with Gasteiger partial charge in [-0.25, -0.2) is 9.97 Å². The quantitative estimate of drug-likeness (QED) is 0.639. The Labute approximate surface area is 146 Å². The second-order valence-corrected chi connectivity index (χ2v) is 5.51. The summed E-state index contributed by atoms with van der Waals surface area (Å²) in [5.41, 5.74) is 2.74. The molecule has 0 spiro atoms. The van der Waals surface area contributed by atoms with E-state index >= 15 is 0 Å². The molecule has 0 saturated carbocycles. The van der Waals surface area contributed by atoms with Crippen molar-refractivity contribution >= 4 is 28.9 Å². The first-order chi connectivity index (χ1) is 12.2. The van der Waals surface area contributed by atoms with Crippen molar-refractivity contribution in [2.24, 2.45) is 0 Å². The van der Waals surface area contributed by atoms with E-state index in [1.807, 2.05) is 48.5 Å². The lowest BCUT2D eigenvalue weighted by Crippen LogP contribution is -2.06. The van der Waals surface area contributed by atoms with Gasteiger partial charge in [-0.1, -0.05) is 36.4 Å². The molecule has 2 aromatic carbocycles. The van der Waals surface area contributed by atoms with Gasteiger partial charge in [0.1, 0.15) is 18.0 Å². The number of benzene rings is 2. The largest absolute Gasteiger partial charge is 0.366 e. The molecule has 6 heteroatoms. The Balaban J connectivity index is 1.66. The zero-order valence-electron chi connectivity index (χ0n) is 13.9. The first-order valence-corrected chi connectivity index (χ1v) is 7.93. The maximum absolute atomic E-state index is 11.2. The normalized spacial score (nSPS) is 10.1. The number of hydrogen-bond donors (Lipinski definition) is 3. The zero-order valence-corrected chi connectivity index (χ0v) is 13.9. The average Bonchev–Trinajstić information content (AvgIpc) is 2.61. The van der Waals surface area contributed by atoms with Crippen molar-refractivity contribution < 1.29 is 4.79 Å². The lowest BCUT2D eigenvalue weighted by molar-refractivity contribution is -0.114. The topological polar surface area (TPSA) is 78.9 Å². The Morgan fingerprint density at radius 2 is 1.68 bits per heavy atom. The van der Waals surface area contributed by atoms with Gasteiger partial charge in [0.25, 0.3) is 0 Å². The summed E-state index contributed by atoms with van der Waals surface area (Å²) in [4.78, 5) is 19.6. The van der Waals surface area contributed by atoms with Gasteiger partial charge in [-0.15, -0.1) is 0 Å². The fourth-order valence-electron chi connectivity index (χ4n) is 2.34. The van der Waals surface area contributed by atoms with Crippen LogP contribution in [0.5, 0.6) is 0 Å². The summed E-state index contributed by atoms with van der Waals surface area (Å²) in [6.45, 7) is 2.17. The van der Waals surface area contributed by atoms with Crippen LogP contribution in [0.15, 0.2) is 67.0 Å². The molecule has 0 saturated heterocycles. The Hall–Kier alpha value is -3.41. The predicted octanol–water partition coefficient (Wildman–Crippen LogP) is 3.79. The molecule has 0 bridgehead atoms. The molecule has 3 rings (SSSR count). The van der Waals surface area contributed by atoms with Crippen LogP contribution in [-0.4, -0.2) is 15.9 Å². The Bertz CT molecular complexity index is 851. The van der Waals surface area contributed by atoms with Crippen molar-refractivity contribution in [3.8, 4) is 0 Å². The number of carbonyl (C=O) groups excluding carboxylic acids is 1. The molecule has 0 atom stereocenters. The minimum atomic E-state index is -0.105. The van der Waals surface area contributed by atoms with E-state index in [4.69, 9.17) is 0 Å². The smallest absolute Gasteiger partial charge is 0.221 e. The van der Waals surface area contributed by atoms with Crippen molar-refractivity contribution in [1.29, 1.82) is 0 Å². The van der Waals surface area contributed by atoms with E-state index in [0.717, 1.165) is 17.2 Å². The van der Waals surface area contributed by atoms with E-state index < -0.39 is 0 Å². The van der Waals surface area contributed by atoms with Crippen LogP contribution in [0, 0.1) is 0 Å². The maximum atomic E-state index is 11.2. The van der Waals surface area contributed by atoms with E-state index in [1.165, 1.54) is 18.8 Å². The SMILES string of the molecule is CC(=O)Nc1cccc(Nc2cc(NCc3ccccc3)ncn2)c1. The van der Waals surface area contributed by atoms with E-state index in [0.29, 0.717) is 12.4 Å². The standard InChI is InChI=1S/C19H19N5O/c1-14(25)23-16-8-5-9-17(10-16)24-19-11-18(21-13-22-19)20-12-15-6-3-2-4-7-15/h2-11,13H,12H2,1H3,(H,23,25)(H2,20,21,22,24). The number of carbonyl (C=O) groups is 1. The summed E-state index contributed by atoms with van der Waals surface area (Å²) >= 11 is 0. The van der Waals surface area contributed by atoms with Gasteiger partial charge >= 0.3 is 0 Å². The van der Waals surface area contributed by atoms with Crippen LogP contribution in [0.1, 0.15) is 12.5 Å². The summed E-state index contributed by atoms with van der Waals surface area (Å²) in [6, 6.07) is 19.4. The number of anilines is 4. The van der Waals surface area contributed by atoms with Gasteiger partial charge in [-0.2, -0.15) is 0 Å². The minimum Gasteiger partial charge on any atom is -0.366 e. The molecule has 126 valence electrons. The fraction of sp³-hybridized carbons (Fsp3) is 0.105. The van der Waals surface area contributed by atoms with Gasteiger partial charge in [-0.05, 0) is 23.8 Å². The highest BCUT2D eigenvalue weighted by Crippen LogP contribution is 2.20. The van der Waals surface area contributed by atoms with E-state index in [2.05, 4.69) is 38.1 Å². The molecule has 0 fully saturated rings. The lowest BCUT2D eigenvalue weighted by Gasteiger charge is -2.10. The third-order valence-electron chi connectivity index (χ3n) is 3.44. The molecule has 25 heavy (non-hydrogen) atoms. The molecule has 0 aliphatic carbocycles. The molecule has 3 aromatic rings. The monoisotopic (exact) mass is 333 g/mol. The molecular weight excluding hydrogens is 314 g/mol. The molecular formula is C19H19N5O. The summed E-state index contributed by atoms with van der Waals surface area (Å²) < 4.78 is 0. The molecule has 0 unspecified atom stereocenters. The third-order valence-corrected chi connectivity index (χ3v) is 3.44. The first-order valence-electron chi connectivity index (χ1n) is 7.93. The highest BCUT2D eigenvalue weighted by atomic mass is 16.1. The van der Waals surface area contributed by atoms with Crippen molar-refractivity contribution in [1.82, 2.24) is 9.97 Å².